The molecule has 2 aliphatic heterocycles. The molecule has 15 rings (SSSR count). The summed E-state index contributed by atoms with van der Waals surface area (Å²) in [6.07, 6.45) is 2.12. The molecule has 0 atom stereocenters. The van der Waals surface area contributed by atoms with E-state index in [0.717, 1.165) is 12.8 Å². The minimum Gasteiger partial charge on any atom is -0.303 e. The maximum absolute atomic E-state index is 2.69. The standard InChI is InChI=1S/C68H53BN2S2/c1-7-67(3,4)40-31-35-59-54(37-40)62-65(72-59)70(42-33-34-50-45-21-10-9-19-43(45)44-20-12-14-25-49(44)53(50)39-42)57-29-18-30-58-64(57)69(62)63-55-38-41(68(5,6)8-2)32-36-60(55)73-66(63)71(58)56-28-17-27-52-48-23-13-11-22-46(48)47-24-15-16-26-51(47)61(52)56/h9-39H,7-8H2,1-6H3. The van der Waals surface area contributed by atoms with Crippen molar-refractivity contribution in [1.29, 1.82) is 0 Å². The summed E-state index contributed by atoms with van der Waals surface area (Å²) in [6, 6.07) is 72.4. The highest BCUT2D eigenvalue weighted by atomic mass is 32.1. The van der Waals surface area contributed by atoms with Gasteiger partial charge in [0.25, 0.3) is 6.71 Å². The van der Waals surface area contributed by atoms with Crippen LogP contribution in [0.2, 0.25) is 0 Å². The van der Waals surface area contributed by atoms with E-state index in [0.29, 0.717) is 0 Å². The monoisotopic (exact) mass is 972 g/mol. The number of thiophene rings is 2. The van der Waals surface area contributed by atoms with Crippen molar-refractivity contribution in [2.45, 2.75) is 65.2 Å². The average molecular weight is 973 g/mol. The zero-order valence-corrected chi connectivity index (χ0v) is 43.7. The first-order valence-corrected chi connectivity index (χ1v) is 27.8. The van der Waals surface area contributed by atoms with Crippen LogP contribution in [0, 0.1) is 0 Å². The first kappa shape index (κ1) is 43.2. The van der Waals surface area contributed by atoms with E-state index in [1.807, 2.05) is 22.7 Å². The molecule has 73 heavy (non-hydrogen) atoms. The lowest BCUT2D eigenvalue weighted by Gasteiger charge is -2.42. The van der Waals surface area contributed by atoms with Gasteiger partial charge in [-0.05, 0) is 164 Å². The lowest BCUT2D eigenvalue weighted by molar-refractivity contribution is 0.507. The summed E-state index contributed by atoms with van der Waals surface area (Å²) < 4.78 is 2.67. The van der Waals surface area contributed by atoms with E-state index in [1.54, 1.807) is 0 Å². The minimum absolute atomic E-state index is 0.0102. The smallest absolute Gasteiger partial charge is 0.256 e. The van der Waals surface area contributed by atoms with Crippen LogP contribution in [0.25, 0.3) is 84.8 Å². The van der Waals surface area contributed by atoms with Gasteiger partial charge in [0.2, 0.25) is 0 Å². The highest BCUT2D eigenvalue weighted by molar-refractivity contribution is 7.29. The minimum atomic E-state index is -0.0102. The van der Waals surface area contributed by atoms with Gasteiger partial charge in [-0.25, -0.2) is 0 Å². The summed E-state index contributed by atoms with van der Waals surface area (Å²) >= 11 is 3.93. The topological polar surface area (TPSA) is 6.48 Å². The molecule has 4 heterocycles. The molecule has 0 fully saturated rings. The van der Waals surface area contributed by atoms with Gasteiger partial charge in [-0.1, -0.05) is 187 Å². The van der Waals surface area contributed by atoms with Crippen LogP contribution in [0.4, 0.5) is 32.8 Å². The van der Waals surface area contributed by atoms with Gasteiger partial charge in [0.15, 0.2) is 0 Å². The third-order valence-electron chi connectivity index (χ3n) is 17.5. The lowest BCUT2D eigenvalue weighted by Crippen LogP contribution is -2.60. The summed E-state index contributed by atoms with van der Waals surface area (Å²) in [7, 11) is 0. The third kappa shape index (κ3) is 5.98. The summed E-state index contributed by atoms with van der Waals surface area (Å²) in [6.45, 7) is 14.3. The van der Waals surface area contributed by atoms with Crippen LogP contribution in [0.15, 0.2) is 188 Å². The van der Waals surface area contributed by atoms with Crippen molar-refractivity contribution in [3.8, 4) is 0 Å². The zero-order valence-electron chi connectivity index (χ0n) is 42.1. The molecule has 0 spiro atoms. The van der Waals surface area contributed by atoms with Crippen molar-refractivity contribution in [2.24, 2.45) is 0 Å². The molecular weight excluding hydrogens is 920 g/mol. The van der Waals surface area contributed by atoms with Crippen molar-refractivity contribution >= 4 is 163 Å². The number of anilines is 6. The number of hydrogen-bond acceptors (Lipinski definition) is 4. The molecule has 0 aliphatic carbocycles. The van der Waals surface area contributed by atoms with E-state index >= 15 is 0 Å². The molecule has 0 unspecified atom stereocenters. The molecule has 0 amide bonds. The van der Waals surface area contributed by atoms with Crippen LogP contribution >= 0.6 is 22.7 Å². The van der Waals surface area contributed by atoms with Gasteiger partial charge < -0.3 is 9.80 Å². The Labute approximate surface area is 434 Å². The second-order valence-electron chi connectivity index (χ2n) is 22.0. The molecule has 2 nitrogen and oxygen atoms in total. The van der Waals surface area contributed by atoms with E-state index in [9.17, 15) is 0 Å². The van der Waals surface area contributed by atoms with Crippen molar-refractivity contribution in [1.82, 2.24) is 0 Å². The number of benzene rings is 11. The van der Waals surface area contributed by atoms with Crippen molar-refractivity contribution in [2.75, 3.05) is 9.80 Å². The maximum atomic E-state index is 2.69. The molecule has 2 aromatic heterocycles. The Morgan fingerprint density at radius 2 is 0.753 bits per heavy atom. The quantitative estimate of drug-likeness (QED) is 0.121. The summed E-state index contributed by atoms with van der Waals surface area (Å²) in [5, 5.41) is 20.8. The molecule has 11 aromatic carbocycles. The van der Waals surface area contributed by atoms with Gasteiger partial charge in [0.1, 0.15) is 0 Å². The van der Waals surface area contributed by atoms with Gasteiger partial charge in [-0.2, -0.15) is 0 Å². The number of nitrogens with zero attached hydrogens (tertiary/aromatic N) is 2. The van der Waals surface area contributed by atoms with Crippen LogP contribution in [-0.4, -0.2) is 6.71 Å². The van der Waals surface area contributed by atoms with Gasteiger partial charge in [0, 0.05) is 31.8 Å². The van der Waals surface area contributed by atoms with Crippen LogP contribution < -0.4 is 26.2 Å². The van der Waals surface area contributed by atoms with E-state index in [1.165, 1.54) is 145 Å². The Hall–Kier alpha value is -7.44. The lowest BCUT2D eigenvalue weighted by atomic mass is 9.33. The van der Waals surface area contributed by atoms with Crippen LogP contribution in [0.1, 0.15) is 65.5 Å². The van der Waals surface area contributed by atoms with Crippen molar-refractivity contribution in [3.63, 3.8) is 0 Å². The van der Waals surface area contributed by atoms with E-state index in [2.05, 4.69) is 239 Å². The fourth-order valence-electron chi connectivity index (χ4n) is 12.9. The molecule has 0 saturated carbocycles. The largest absolute Gasteiger partial charge is 0.303 e. The molecule has 0 bridgehead atoms. The highest BCUT2D eigenvalue weighted by Gasteiger charge is 2.47. The summed E-state index contributed by atoms with van der Waals surface area (Å²) in [5.74, 6) is 0. The number of fused-ring (bicyclic) bond motifs is 20. The first-order valence-electron chi connectivity index (χ1n) is 26.2. The van der Waals surface area contributed by atoms with E-state index < -0.39 is 0 Å². The molecule has 5 heteroatoms. The molecule has 350 valence electrons. The third-order valence-corrected chi connectivity index (χ3v) is 19.9. The predicted octanol–water partition coefficient (Wildman–Crippen LogP) is 18.5. The van der Waals surface area contributed by atoms with Gasteiger partial charge in [-0.3, -0.25) is 0 Å². The Morgan fingerprint density at radius 1 is 0.356 bits per heavy atom. The highest BCUT2D eigenvalue weighted by Crippen LogP contribution is 2.53. The second kappa shape index (κ2) is 15.5. The van der Waals surface area contributed by atoms with Crippen LogP contribution in [0.3, 0.4) is 0 Å². The first-order chi connectivity index (χ1) is 35.6. The molecular formula is C68H53BN2S2. The number of rotatable bonds is 6. The molecule has 2 aliphatic rings. The zero-order chi connectivity index (χ0) is 49.1. The fourth-order valence-corrected chi connectivity index (χ4v) is 15.4. The van der Waals surface area contributed by atoms with E-state index in [4.69, 9.17) is 0 Å². The predicted molar refractivity (Wildman–Crippen MR) is 323 cm³/mol. The Bertz CT molecular complexity index is 4440. The maximum Gasteiger partial charge on any atom is 0.256 e. The van der Waals surface area contributed by atoms with Crippen LogP contribution in [-0.2, 0) is 10.8 Å². The normalized spacial score (nSPS) is 13.6. The van der Waals surface area contributed by atoms with Crippen molar-refractivity contribution in [3.05, 3.63) is 199 Å². The van der Waals surface area contributed by atoms with E-state index in [-0.39, 0.29) is 17.5 Å². The Morgan fingerprint density at radius 3 is 1.26 bits per heavy atom. The Kier molecular flexibility index (Phi) is 9.19. The van der Waals surface area contributed by atoms with Gasteiger partial charge in [-0.15, -0.1) is 22.7 Å². The second-order valence-corrected chi connectivity index (χ2v) is 24.0. The van der Waals surface area contributed by atoms with Gasteiger partial charge in [0.05, 0.1) is 15.7 Å². The van der Waals surface area contributed by atoms with Crippen LogP contribution in [0.5, 0.6) is 0 Å². The SMILES string of the molecule is CCC(C)(C)c1ccc2sc3c(c2c1)B1c2c(cccc2N(c2cccc4c5ccccc5c5ccccc5c24)c2sc4ccc(C(C)(C)CC)cc4c21)N3c1ccc2c3ccccc3c3ccccc3c2c1. The Balaban J connectivity index is 1.09. The molecule has 13 aromatic rings. The number of hydrogen-bond donors (Lipinski definition) is 0. The summed E-state index contributed by atoms with van der Waals surface area (Å²) in [4.78, 5) is 5.34. The summed E-state index contributed by atoms with van der Waals surface area (Å²) in [5.41, 5.74) is 11.9. The fraction of sp³-hybridized carbons (Fsp3) is 0.147. The molecule has 0 radical (unpaired) electrons. The van der Waals surface area contributed by atoms with Crippen molar-refractivity contribution < 1.29 is 0 Å². The average Bonchev–Trinajstić information content (AvgIpc) is 4.01. The molecule has 0 N–H and O–H groups in total. The molecule has 0 saturated heterocycles. The van der Waals surface area contributed by atoms with Gasteiger partial charge >= 0.3 is 0 Å².